The van der Waals surface area contributed by atoms with Gasteiger partial charge in [-0.15, -0.1) is 12.4 Å². The molecule has 1 heterocycles. The van der Waals surface area contributed by atoms with Crippen LogP contribution in [0.4, 0.5) is 0 Å². The van der Waals surface area contributed by atoms with Crippen LogP contribution in [0.3, 0.4) is 0 Å². The van der Waals surface area contributed by atoms with Crippen LogP contribution in [0.15, 0.2) is 48.7 Å². The second-order valence-electron chi connectivity index (χ2n) is 3.04. The van der Waals surface area contributed by atoms with E-state index >= 15 is 0 Å². The average molecular weight is 273 g/mol. The van der Waals surface area contributed by atoms with Crippen LogP contribution in [0.5, 0.6) is 5.75 Å². The van der Waals surface area contributed by atoms with Crippen molar-refractivity contribution in [3.05, 3.63) is 59.4 Å². The van der Waals surface area contributed by atoms with Gasteiger partial charge in [0, 0.05) is 6.20 Å². The second kappa shape index (κ2) is 7.90. The Morgan fingerprint density at radius 2 is 1.76 bits per heavy atom. The van der Waals surface area contributed by atoms with E-state index in [0.29, 0.717) is 17.4 Å². The molecule has 17 heavy (non-hydrogen) atoms. The van der Waals surface area contributed by atoms with E-state index in [-0.39, 0.29) is 18.6 Å². The highest BCUT2D eigenvalue weighted by Gasteiger charge is 2.00. The largest absolute Gasteiger partial charge is 0.486 e. The molecule has 92 valence electrons. The van der Waals surface area contributed by atoms with E-state index < -0.39 is 0 Å². The number of hydrogen-bond donors (Lipinski definition) is 1. The van der Waals surface area contributed by atoms with Crippen LogP contribution < -0.4 is 10.9 Å². The number of para-hydroxylation sites is 1. The van der Waals surface area contributed by atoms with E-state index in [9.17, 15) is 0 Å². The van der Waals surface area contributed by atoms with Gasteiger partial charge >= 0.3 is 0 Å². The first kappa shape index (κ1) is 15.7. The molecule has 0 spiro atoms. The zero-order chi connectivity index (χ0) is 10.5. The maximum Gasteiger partial charge on any atom is 0.138 e. The summed E-state index contributed by atoms with van der Waals surface area (Å²) in [6, 6.07) is 13.1. The highest BCUT2D eigenvalue weighted by Crippen LogP contribution is 2.23. The van der Waals surface area contributed by atoms with Crippen molar-refractivity contribution in [3.63, 3.8) is 0 Å². The number of nitrogens with zero attached hydrogens (tertiary/aromatic N) is 1. The van der Waals surface area contributed by atoms with Gasteiger partial charge in [-0.25, -0.2) is 0 Å². The molecule has 0 unspecified atom stereocenters. The molecule has 0 bridgehead atoms. The standard InChI is InChI=1S/C12H10ClNO.ClH.H3N/c13-11-6-1-2-7-12(11)15-9-10-5-3-4-8-14-10;;/h1-8H,9H2;1H;1H3. The lowest BCUT2D eigenvalue weighted by Crippen LogP contribution is -1.97. The predicted molar refractivity (Wildman–Crippen MR) is 72.3 cm³/mol. The van der Waals surface area contributed by atoms with Crippen LogP contribution in [-0.4, -0.2) is 4.98 Å². The normalized spacial score (nSPS) is 8.76. The SMILES string of the molecule is Cl.Clc1ccccc1OCc1ccccn1.N. The summed E-state index contributed by atoms with van der Waals surface area (Å²) >= 11 is 5.95. The summed E-state index contributed by atoms with van der Waals surface area (Å²) in [5.74, 6) is 0.685. The number of pyridine rings is 1. The smallest absolute Gasteiger partial charge is 0.138 e. The van der Waals surface area contributed by atoms with Crippen molar-refractivity contribution >= 4 is 24.0 Å². The quantitative estimate of drug-likeness (QED) is 0.922. The summed E-state index contributed by atoms with van der Waals surface area (Å²) in [4.78, 5) is 4.16. The van der Waals surface area contributed by atoms with Gasteiger partial charge in [0.25, 0.3) is 0 Å². The van der Waals surface area contributed by atoms with Crippen molar-refractivity contribution in [2.75, 3.05) is 0 Å². The third kappa shape index (κ3) is 4.61. The van der Waals surface area contributed by atoms with Crippen molar-refractivity contribution in [2.45, 2.75) is 6.61 Å². The maximum absolute atomic E-state index is 5.95. The molecule has 3 N–H and O–H groups in total. The van der Waals surface area contributed by atoms with Gasteiger partial charge in [0.15, 0.2) is 0 Å². The third-order valence-electron chi connectivity index (χ3n) is 1.94. The van der Waals surface area contributed by atoms with Crippen molar-refractivity contribution in [1.29, 1.82) is 0 Å². The van der Waals surface area contributed by atoms with Gasteiger partial charge < -0.3 is 10.9 Å². The summed E-state index contributed by atoms with van der Waals surface area (Å²) in [6.45, 7) is 0.435. The molecule has 0 aliphatic heterocycles. The highest BCUT2D eigenvalue weighted by atomic mass is 35.5. The van der Waals surface area contributed by atoms with Gasteiger partial charge in [-0.05, 0) is 24.3 Å². The van der Waals surface area contributed by atoms with Crippen LogP contribution in [0.1, 0.15) is 5.69 Å². The molecule has 1 aromatic heterocycles. The summed E-state index contributed by atoms with van der Waals surface area (Å²) in [6.07, 6.45) is 1.74. The van der Waals surface area contributed by atoms with Gasteiger partial charge in [-0.1, -0.05) is 29.8 Å². The molecule has 2 aromatic rings. The van der Waals surface area contributed by atoms with E-state index in [0.717, 1.165) is 5.69 Å². The van der Waals surface area contributed by atoms with E-state index in [4.69, 9.17) is 16.3 Å². The van der Waals surface area contributed by atoms with E-state index in [1.54, 1.807) is 12.3 Å². The first-order chi connectivity index (χ1) is 7.36. The molecule has 0 radical (unpaired) electrons. The lowest BCUT2D eigenvalue weighted by atomic mass is 10.3. The van der Waals surface area contributed by atoms with Crippen molar-refractivity contribution in [2.24, 2.45) is 0 Å². The minimum atomic E-state index is 0. The van der Waals surface area contributed by atoms with Crippen molar-refractivity contribution in [1.82, 2.24) is 11.1 Å². The Kier molecular flexibility index (Phi) is 7.30. The Balaban J connectivity index is 0.00000128. The number of rotatable bonds is 3. The zero-order valence-corrected chi connectivity index (χ0v) is 10.7. The predicted octanol–water partition coefficient (Wildman–Crippen LogP) is 3.90. The first-order valence-electron chi connectivity index (χ1n) is 4.63. The summed E-state index contributed by atoms with van der Waals surface area (Å²) in [7, 11) is 0. The molecule has 1 aromatic carbocycles. The molecular formula is C12H14Cl2N2O. The van der Waals surface area contributed by atoms with Crippen LogP contribution in [0, 0.1) is 0 Å². The van der Waals surface area contributed by atoms with Gasteiger partial charge in [-0.3, -0.25) is 4.98 Å². The minimum Gasteiger partial charge on any atom is -0.486 e. The number of aromatic nitrogens is 1. The summed E-state index contributed by atoms with van der Waals surface area (Å²) < 4.78 is 5.53. The van der Waals surface area contributed by atoms with Crippen LogP contribution in [0.25, 0.3) is 0 Å². The molecule has 0 saturated heterocycles. The topological polar surface area (TPSA) is 57.1 Å². The zero-order valence-electron chi connectivity index (χ0n) is 9.17. The van der Waals surface area contributed by atoms with Crippen LogP contribution >= 0.6 is 24.0 Å². The van der Waals surface area contributed by atoms with Crippen molar-refractivity contribution in [3.8, 4) is 5.75 Å². The molecule has 2 rings (SSSR count). The third-order valence-corrected chi connectivity index (χ3v) is 2.25. The molecule has 0 saturated carbocycles. The van der Waals surface area contributed by atoms with Crippen LogP contribution in [-0.2, 0) is 6.61 Å². The molecule has 3 nitrogen and oxygen atoms in total. The monoisotopic (exact) mass is 272 g/mol. The molecular weight excluding hydrogens is 259 g/mol. The Hall–Kier alpha value is -1.29. The Morgan fingerprint density at radius 1 is 1.06 bits per heavy atom. The number of halogens is 2. The fourth-order valence-electron chi connectivity index (χ4n) is 1.20. The summed E-state index contributed by atoms with van der Waals surface area (Å²) in [5, 5.41) is 0.619. The van der Waals surface area contributed by atoms with Crippen molar-refractivity contribution < 1.29 is 4.74 Å². The fourth-order valence-corrected chi connectivity index (χ4v) is 1.39. The van der Waals surface area contributed by atoms with E-state index in [1.165, 1.54) is 0 Å². The average Bonchev–Trinajstić information content (AvgIpc) is 2.29. The number of benzene rings is 1. The lowest BCUT2D eigenvalue weighted by molar-refractivity contribution is 0.301. The van der Waals surface area contributed by atoms with Gasteiger partial charge in [0.1, 0.15) is 12.4 Å². The Labute approximate surface area is 112 Å². The van der Waals surface area contributed by atoms with Gasteiger partial charge in [-0.2, -0.15) is 0 Å². The first-order valence-corrected chi connectivity index (χ1v) is 5.01. The summed E-state index contributed by atoms with van der Waals surface area (Å²) in [5.41, 5.74) is 0.886. The molecule has 0 aliphatic carbocycles. The van der Waals surface area contributed by atoms with E-state index in [1.807, 2.05) is 36.4 Å². The lowest BCUT2D eigenvalue weighted by Gasteiger charge is -2.06. The maximum atomic E-state index is 5.95. The molecule has 0 atom stereocenters. The minimum absolute atomic E-state index is 0. The molecule has 0 amide bonds. The number of hydrogen-bond acceptors (Lipinski definition) is 3. The fraction of sp³-hybridized carbons (Fsp3) is 0.0833. The van der Waals surface area contributed by atoms with Gasteiger partial charge in [0.2, 0.25) is 0 Å². The second-order valence-corrected chi connectivity index (χ2v) is 3.45. The Morgan fingerprint density at radius 3 is 2.41 bits per heavy atom. The molecule has 0 fully saturated rings. The molecule has 5 heteroatoms. The molecule has 0 aliphatic rings. The van der Waals surface area contributed by atoms with Gasteiger partial charge in [0.05, 0.1) is 10.7 Å². The van der Waals surface area contributed by atoms with E-state index in [2.05, 4.69) is 4.98 Å². The Bertz CT molecular complexity index is 438. The van der Waals surface area contributed by atoms with Crippen LogP contribution in [0.2, 0.25) is 5.02 Å². The highest BCUT2D eigenvalue weighted by molar-refractivity contribution is 6.32. The number of ether oxygens (including phenoxy) is 1.